The third-order valence-corrected chi connectivity index (χ3v) is 3.50. The number of hydrogen-bond donors (Lipinski definition) is 0. The Balaban J connectivity index is 2.49. The largest absolute Gasteiger partial charge is 0.465 e. The Hall–Kier alpha value is -2.44. The first kappa shape index (κ1) is 15.0. The summed E-state index contributed by atoms with van der Waals surface area (Å²) in [4.78, 5) is 36.4. The Kier molecular flexibility index (Phi) is 4.52. The Morgan fingerprint density at radius 1 is 1.24 bits per heavy atom. The summed E-state index contributed by atoms with van der Waals surface area (Å²) >= 11 is 0. The molecular weight excluding hydrogens is 276 g/mol. The Morgan fingerprint density at radius 2 is 1.90 bits per heavy atom. The highest BCUT2D eigenvalue weighted by atomic mass is 16.6. The third-order valence-electron chi connectivity index (χ3n) is 3.50. The maximum atomic E-state index is 12.6. The summed E-state index contributed by atoms with van der Waals surface area (Å²) in [6.45, 7) is 1.09. The van der Waals surface area contributed by atoms with Gasteiger partial charge in [-0.25, -0.2) is 4.79 Å². The van der Waals surface area contributed by atoms with E-state index < -0.39 is 16.8 Å². The number of carbonyl (C=O) groups excluding carboxylic acids is 2. The second-order valence-corrected chi connectivity index (χ2v) is 4.80. The first-order chi connectivity index (χ1) is 10.1. The van der Waals surface area contributed by atoms with Crippen LogP contribution < -0.4 is 0 Å². The number of nitro groups is 1. The van der Waals surface area contributed by atoms with Crippen LogP contribution >= 0.6 is 0 Å². The maximum Gasteiger partial charge on any atom is 0.338 e. The molecule has 0 aliphatic carbocycles. The van der Waals surface area contributed by atoms with Gasteiger partial charge in [0.05, 0.1) is 17.6 Å². The molecule has 112 valence electrons. The highest BCUT2D eigenvalue weighted by molar-refractivity contribution is 6.08. The SMILES string of the molecule is COC(=O)c1cccc([N+](=O)[O-])c1C(=O)N1CCCCC1. The van der Waals surface area contributed by atoms with Crippen LogP contribution in [0.15, 0.2) is 18.2 Å². The predicted octanol–water partition coefficient (Wildman–Crippen LogP) is 2.01. The number of methoxy groups -OCH3 is 1. The molecule has 1 aromatic carbocycles. The van der Waals surface area contributed by atoms with Crippen molar-refractivity contribution in [1.82, 2.24) is 4.90 Å². The number of nitrogens with zero attached hydrogens (tertiary/aromatic N) is 2. The van der Waals surface area contributed by atoms with E-state index >= 15 is 0 Å². The molecule has 0 atom stereocenters. The van der Waals surface area contributed by atoms with Crippen LogP contribution in [0.4, 0.5) is 5.69 Å². The van der Waals surface area contributed by atoms with Gasteiger partial charge in [-0.1, -0.05) is 6.07 Å². The molecule has 2 rings (SSSR count). The normalized spacial score (nSPS) is 14.6. The number of amides is 1. The highest BCUT2D eigenvalue weighted by Crippen LogP contribution is 2.26. The zero-order valence-corrected chi connectivity index (χ0v) is 11.7. The van der Waals surface area contributed by atoms with Crippen molar-refractivity contribution < 1.29 is 19.2 Å². The lowest BCUT2D eigenvalue weighted by atomic mass is 10.0. The Labute approximate surface area is 121 Å². The summed E-state index contributed by atoms with van der Waals surface area (Å²) in [5.74, 6) is -1.23. The number of piperidine rings is 1. The number of hydrogen-bond acceptors (Lipinski definition) is 5. The van der Waals surface area contributed by atoms with Crippen LogP contribution in [0.1, 0.15) is 40.0 Å². The molecule has 7 nitrogen and oxygen atoms in total. The van der Waals surface area contributed by atoms with Crippen LogP contribution in [0, 0.1) is 10.1 Å². The molecule has 0 N–H and O–H groups in total. The summed E-state index contributed by atoms with van der Waals surface area (Å²) in [7, 11) is 1.18. The van der Waals surface area contributed by atoms with E-state index in [1.165, 1.54) is 25.3 Å². The van der Waals surface area contributed by atoms with Gasteiger partial charge in [-0.15, -0.1) is 0 Å². The highest BCUT2D eigenvalue weighted by Gasteiger charge is 2.31. The van der Waals surface area contributed by atoms with Crippen molar-refractivity contribution in [1.29, 1.82) is 0 Å². The second kappa shape index (κ2) is 6.34. The molecule has 0 aromatic heterocycles. The van der Waals surface area contributed by atoms with Gasteiger partial charge >= 0.3 is 5.97 Å². The molecule has 21 heavy (non-hydrogen) atoms. The van der Waals surface area contributed by atoms with Gasteiger partial charge < -0.3 is 9.64 Å². The van der Waals surface area contributed by atoms with Crippen LogP contribution in [0.25, 0.3) is 0 Å². The lowest BCUT2D eigenvalue weighted by Gasteiger charge is -2.27. The van der Waals surface area contributed by atoms with Gasteiger partial charge in [0.15, 0.2) is 0 Å². The first-order valence-corrected chi connectivity index (χ1v) is 6.71. The van der Waals surface area contributed by atoms with E-state index in [2.05, 4.69) is 4.74 Å². The van der Waals surface area contributed by atoms with Gasteiger partial charge in [0, 0.05) is 19.2 Å². The molecular formula is C14H16N2O5. The topological polar surface area (TPSA) is 89.7 Å². The average molecular weight is 292 g/mol. The molecule has 0 radical (unpaired) electrons. The third kappa shape index (κ3) is 3.01. The summed E-state index contributed by atoms with van der Waals surface area (Å²) in [6, 6.07) is 3.97. The zero-order valence-electron chi connectivity index (χ0n) is 11.7. The van der Waals surface area contributed by atoms with Crippen LogP contribution in [0.2, 0.25) is 0 Å². The Morgan fingerprint density at radius 3 is 2.48 bits per heavy atom. The zero-order chi connectivity index (χ0) is 15.4. The van der Waals surface area contributed by atoms with E-state index in [9.17, 15) is 19.7 Å². The molecule has 0 spiro atoms. The van der Waals surface area contributed by atoms with E-state index in [0.717, 1.165) is 19.3 Å². The molecule has 1 saturated heterocycles. The second-order valence-electron chi connectivity index (χ2n) is 4.80. The molecule has 1 aliphatic rings. The molecule has 1 fully saturated rings. The minimum atomic E-state index is -0.751. The minimum absolute atomic E-state index is 0.0673. The number of ether oxygens (including phenoxy) is 1. The van der Waals surface area contributed by atoms with Crippen molar-refractivity contribution in [2.45, 2.75) is 19.3 Å². The van der Waals surface area contributed by atoms with Crippen molar-refractivity contribution >= 4 is 17.6 Å². The van der Waals surface area contributed by atoms with E-state index in [1.807, 2.05) is 0 Å². The number of carbonyl (C=O) groups is 2. The van der Waals surface area contributed by atoms with Crippen molar-refractivity contribution in [3.05, 3.63) is 39.4 Å². The number of esters is 1. The van der Waals surface area contributed by atoms with Crippen molar-refractivity contribution in [2.75, 3.05) is 20.2 Å². The van der Waals surface area contributed by atoms with E-state index in [1.54, 1.807) is 4.90 Å². The van der Waals surface area contributed by atoms with Gasteiger partial charge in [-0.05, 0) is 25.3 Å². The lowest BCUT2D eigenvalue weighted by Crippen LogP contribution is -2.36. The summed E-state index contributed by atoms with van der Waals surface area (Å²) in [6.07, 6.45) is 2.75. The number of rotatable bonds is 3. The van der Waals surface area contributed by atoms with Gasteiger partial charge in [0.25, 0.3) is 11.6 Å². The molecule has 1 amide bonds. The van der Waals surface area contributed by atoms with Crippen LogP contribution in [0.3, 0.4) is 0 Å². The number of likely N-dealkylation sites (tertiary alicyclic amines) is 1. The molecule has 1 aromatic rings. The fraction of sp³-hybridized carbons (Fsp3) is 0.429. The first-order valence-electron chi connectivity index (χ1n) is 6.71. The number of benzene rings is 1. The summed E-state index contributed by atoms with van der Waals surface area (Å²) in [5.41, 5.74) is -0.619. The monoisotopic (exact) mass is 292 g/mol. The van der Waals surface area contributed by atoms with E-state index in [0.29, 0.717) is 13.1 Å². The summed E-state index contributed by atoms with van der Waals surface area (Å²) in [5, 5.41) is 11.2. The molecule has 0 saturated carbocycles. The molecule has 7 heteroatoms. The standard InChI is InChI=1S/C14H16N2O5/c1-21-14(18)10-6-5-7-11(16(19)20)12(10)13(17)15-8-3-2-4-9-15/h5-7H,2-4,8-9H2,1H3. The minimum Gasteiger partial charge on any atom is -0.465 e. The molecule has 0 bridgehead atoms. The maximum absolute atomic E-state index is 12.6. The molecule has 1 heterocycles. The molecule has 0 unspecified atom stereocenters. The molecule has 1 aliphatic heterocycles. The Bertz CT molecular complexity index is 579. The van der Waals surface area contributed by atoms with Gasteiger partial charge in [0.2, 0.25) is 0 Å². The summed E-state index contributed by atoms with van der Waals surface area (Å²) < 4.78 is 4.62. The predicted molar refractivity (Wildman–Crippen MR) is 74.2 cm³/mol. The van der Waals surface area contributed by atoms with Crippen molar-refractivity contribution in [3.8, 4) is 0 Å². The quantitative estimate of drug-likeness (QED) is 0.483. The number of nitro benzene ring substituents is 1. The van der Waals surface area contributed by atoms with Gasteiger partial charge in [-0.2, -0.15) is 0 Å². The average Bonchev–Trinajstić information content (AvgIpc) is 2.53. The fourth-order valence-electron chi connectivity index (χ4n) is 2.45. The van der Waals surface area contributed by atoms with Crippen molar-refractivity contribution in [3.63, 3.8) is 0 Å². The van der Waals surface area contributed by atoms with E-state index in [4.69, 9.17) is 0 Å². The van der Waals surface area contributed by atoms with Crippen molar-refractivity contribution in [2.24, 2.45) is 0 Å². The van der Waals surface area contributed by atoms with E-state index in [-0.39, 0.29) is 16.8 Å². The van der Waals surface area contributed by atoms with Gasteiger partial charge in [0.1, 0.15) is 5.56 Å². The lowest BCUT2D eigenvalue weighted by molar-refractivity contribution is -0.385. The van der Waals surface area contributed by atoms with Gasteiger partial charge in [-0.3, -0.25) is 14.9 Å². The smallest absolute Gasteiger partial charge is 0.338 e. The van der Waals surface area contributed by atoms with Crippen LogP contribution in [-0.2, 0) is 4.74 Å². The fourth-order valence-corrected chi connectivity index (χ4v) is 2.45. The van der Waals surface area contributed by atoms with Crippen LogP contribution in [-0.4, -0.2) is 41.9 Å². The van der Waals surface area contributed by atoms with Crippen LogP contribution in [0.5, 0.6) is 0 Å².